The van der Waals surface area contributed by atoms with Crippen LogP contribution in [-0.2, 0) is 0 Å². The number of nitrogens with zero attached hydrogens (tertiary/aromatic N) is 3. The number of aromatic nitrogens is 3. The second-order valence-corrected chi connectivity index (χ2v) is 15.2. The molecule has 0 spiro atoms. The van der Waals surface area contributed by atoms with E-state index in [0.29, 0.717) is 17.5 Å². The lowest BCUT2D eigenvalue weighted by molar-refractivity contribution is 0.669. The van der Waals surface area contributed by atoms with Crippen molar-refractivity contribution in [1.82, 2.24) is 15.0 Å². The average molecular weight is 752 g/mol. The molecule has 59 heavy (non-hydrogen) atoms. The molecule has 0 saturated heterocycles. The smallest absolute Gasteiger partial charge is 0.164 e. The minimum atomic E-state index is 0.573. The van der Waals surface area contributed by atoms with Crippen molar-refractivity contribution >= 4 is 65.0 Å². The summed E-state index contributed by atoms with van der Waals surface area (Å²) >= 11 is 0. The van der Waals surface area contributed by atoms with E-state index in [-0.39, 0.29) is 0 Å². The molecule has 10 aromatic carbocycles. The van der Waals surface area contributed by atoms with Gasteiger partial charge in [0, 0.05) is 27.5 Å². The third-order valence-corrected chi connectivity index (χ3v) is 11.6. The first-order valence-corrected chi connectivity index (χ1v) is 19.9. The molecule has 4 heteroatoms. The summed E-state index contributed by atoms with van der Waals surface area (Å²) in [5, 5.41) is 11.8. The van der Waals surface area contributed by atoms with E-state index in [9.17, 15) is 0 Å². The molecule has 274 valence electrons. The molecule has 0 radical (unpaired) electrons. The zero-order chi connectivity index (χ0) is 38.9. The van der Waals surface area contributed by atoms with Crippen LogP contribution >= 0.6 is 0 Å². The Morgan fingerprint density at radius 3 is 1.68 bits per heavy atom. The lowest BCUT2D eigenvalue weighted by atomic mass is 9.92. The van der Waals surface area contributed by atoms with Gasteiger partial charge in [0.25, 0.3) is 0 Å². The summed E-state index contributed by atoms with van der Waals surface area (Å²) < 4.78 is 6.66. The van der Waals surface area contributed by atoms with E-state index in [2.05, 4.69) is 182 Å². The summed E-state index contributed by atoms with van der Waals surface area (Å²) in [4.78, 5) is 15.7. The summed E-state index contributed by atoms with van der Waals surface area (Å²) in [5.74, 6) is 1.78. The number of furan rings is 1. The van der Waals surface area contributed by atoms with E-state index < -0.39 is 0 Å². The summed E-state index contributed by atoms with van der Waals surface area (Å²) in [6, 6.07) is 70.6. The fraction of sp³-hybridized carbons (Fsp3) is 0. The minimum Gasteiger partial charge on any atom is -0.456 e. The summed E-state index contributed by atoms with van der Waals surface area (Å²) in [6.07, 6.45) is 0. The highest BCUT2D eigenvalue weighted by molar-refractivity contribution is 6.21. The Morgan fingerprint density at radius 2 is 0.847 bits per heavy atom. The second-order valence-electron chi connectivity index (χ2n) is 15.2. The fourth-order valence-electron chi connectivity index (χ4n) is 8.76. The minimum absolute atomic E-state index is 0.573. The van der Waals surface area contributed by atoms with Gasteiger partial charge in [-0.25, -0.2) is 15.0 Å². The molecule has 0 amide bonds. The molecule has 4 nitrogen and oxygen atoms in total. The van der Waals surface area contributed by atoms with Gasteiger partial charge >= 0.3 is 0 Å². The zero-order valence-corrected chi connectivity index (χ0v) is 31.8. The molecule has 0 aliphatic carbocycles. The van der Waals surface area contributed by atoms with Crippen LogP contribution in [0, 0.1) is 0 Å². The molecule has 0 saturated carbocycles. The Hall–Kier alpha value is -7.95. The summed E-state index contributed by atoms with van der Waals surface area (Å²) in [6.45, 7) is 0. The van der Waals surface area contributed by atoms with Gasteiger partial charge in [-0.3, -0.25) is 0 Å². The third kappa shape index (κ3) is 5.65. The van der Waals surface area contributed by atoms with Crippen molar-refractivity contribution in [2.24, 2.45) is 0 Å². The van der Waals surface area contributed by atoms with Gasteiger partial charge in [-0.2, -0.15) is 0 Å². The van der Waals surface area contributed by atoms with Crippen molar-refractivity contribution in [2.45, 2.75) is 0 Å². The molecule has 0 aliphatic heterocycles. The van der Waals surface area contributed by atoms with Gasteiger partial charge in [0.15, 0.2) is 17.5 Å². The van der Waals surface area contributed by atoms with Gasteiger partial charge in [0.2, 0.25) is 0 Å². The van der Waals surface area contributed by atoms with E-state index in [1.54, 1.807) is 0 Å². The van der Waals surface area contributed by atoms with Crippen molar-refractivity contribution in [3.63, 3.8) is 0 Å². The molecule has 0 unspecified atom stereocenters. The standard InChI is InChI=1S/C55H33N3O/c1-2-11-34(12-3-1)40-16-10-17-42(29-40)53-56-54(43-28-21-35-13-4-5-15-39(35)30-43)58-55(57-53)44-32-48(52-46-19-8-9-20-49(46)59-50(52)33-44)41-27-24-37-23-26-38-25-22-36-14-6-7-18-45(36)51(38)47(37)31-41/h1-33H. The first-order chi connectivity index (χ1) is 29.2. The molecular formula is C55H33N3O. The van der Waals surface area contributed by atoms with E-state index in [0.717, 1.165) is 71.7 Å². The van der Waals surface area contributed by atoms with E-state index in [4.69, 9.17) is 19.4 Å². The number of hydrogen-bond acceptors (Lipinski definition) is 4. The molecule has 0 bridgehead atoms. The SMILES string of the molecule is c1ccc(-c2cccc(-c3nc(-c4ccc5ccccc5c4)nc(-c4cc(-c5ccc6ccc7ccc8ccccc8c7c6c5)c5c(c4)oc4ccccc45)n3)c2)cc1. The Morgan fingerprint density at radius 1 is 0.271 bits per heavy atom. The Bertz CT molecular complexity index is 3620. The van der Waals surface area contributed by atoms with Crippen LogP contribution in [-0.4, -0.2) is 15.0 Å². The monoisotopic (exact) mass is 751 g/mol. The molecule has 12 aromatic rings. The van der Waals surface area contributed by atoms with E-state index in [1.807, 2.05) is 18.2 Å². The third-order valence-electron chi connectivity index (χ3n) is 11.6. The van der Waals surface area contributed by atoms with Crippen molar-refractivity contribution in [3.8, 4) is 56.4 Å². The maximum atomic E-state index is 6.66. The number of para-hydroxylation sites is 1. The van der Waals surface area contributed by atoms with Gasteiger partial charge in [-0.05, 0) is 102 Å². The predicted octanol–water partition coefficient (Wildman–Crippen LogP) is 14.7. The van der Waals surface area contributed by atoms with Crippen molar-refractivity contribution in [1.29, 1.82) is 0 Å². The number of rotatable bonds is 5. The molecule has 2 heterocycles. The molecule has 12 rings (SSSR count). The van der Waals surface area contributed by atoms with Crippen LogP contribution in [0.3, 0.4) is 0 Å². The molecule has 0 aliphatic rings. The highest BCUT2D eigenvalue weighted by Gasteiger charge is 2.20. The average Bonchev–Trinajstić information content (AvgIpc) is 3.69. The summed E-state index contributed by atoms with van der Waals surface area (Å²) in [7, 11) is 0. The quantitative estimate of drug-likeness (QED) is 0.164. The van der Waals surface area contributed by atoms with Gasteiger partial charge in [0.05, 0.1) is 0 Å². The topological polar surface area (TPSA) is 51.8 Å². The van der Waals surface area contributed by atoms with Gasteiger partial charge < -0.3 is 4.42 Å². The predicted molar refractivity (Wildman–Crippen MR) is 244 cm³/mol. The van der Waals surface area contributed by atoms with Crippen LogP contribution in [0.25, 0.3) is 121 Å². The Balaban J connectivity index is 1.11. The van der Waals surface area contributed by atoms with Gasteiger partial charge in [0.1, 0.15) is 11.2 Å². The fourth-order valence-corrected chi connectivity index (χ4v) is 8.76. The maximum Gasteiger partial charge on any atom is 0.164 e. The molecule has 0 fully saturated rings. The number of fused-ring (bicyclic) bond motifs is 9. The normalized spacial score (nSPS) is 11.7. The van der Waals surface area contributed by atoms with Crippen LogP contribution in [0.2, 0.25) is 0 Å². The van der Waals surface area contributed by atoms with Crippen LogP contribution in [0.4, 0.5) is 0 Å². The van der Waals surface area contributed by atoms with Crippen molar-refractivity contribution in [3.05, 3.63) is 200 Å². The Labute approximate surface area is 339 Å². The van der Waals surface area contributed by atoms with Gasteiger partial charge in [-0.15, -0.1) is 0 Å². The molecular weight excluding hydrogens is 719 g/mol. The molecule has 2 aromatic heterocycles. The molecule has 0 atom stereocenters. The zero-order valence-electron chi connectivity index (χ0n) is 31.8. The van der Waals surface area contributed by atoms with Crippen molar-refractivity contribution < 1.29 is 4.42 Å². The van der Waals surface area contributed by atoms with Gasteiger partial charge in [-0.1, -0.05) is 164 Å². The second kappa shape index (κ2) is 13.3. The van der Waals surface area contributed by atoms with Crippen LogP contribution in [0.1, 0.15) is 0 Å². The number of benzene rings is 10. The number of hydrogen-bond donors (Lipinski definition) is 0. The highest BCUT2D eigenvalue weighted by atomic mass is 16.3. The van der Waals surface area contributed by atoms with Crippen LogP contribution in [0.5, 0.6) is 0 Å². The molecule has 0 N–H and O–H groups in total. The van der Waals surface area contributed by atoms with Crippen LogP contribution < -0.4 is 0 Å². The first-order valence-electron chi connectivity index (χ1n) is 19.9. The maximum absolute atomic E-state index is 6.66. The highest BCUT2D eigenvalue weighted by Crippen LogP contribution is 2.42. The summed E-state index contributed by atoms with van der Waals surface area (Å²) in [5.41, 5.74) is 8.68. The lowest BCUT2D eigenvalue weighted by Gasteiger charge is -2.13. The lowest BCUT2D eigenvalue weighted by Crippen LogP contribution is -2.00. The largest absolute Gasteiger partial charge is 0.456 e. The van der Waals surface area contributed by atoms with Crippen molar-refractivity contribution in [2.75, 3.05) is 0 Å². The van der Waals surface area contributed by atoms with E-state index >= 15 is 0 Å². The van der Waals surface area contributed by atoms with Crippen LogP contribution in [0.15, 0.2) is 205 Å². The Kier molecular flexibility index (Phi) is 7.50. The first kappa shape index (κ1) is 33.2. The van der Waals surface area contributed by atoms with E-state index in [1.165, 1.54) is 32.3 Å².